The van der Waals surface area contributed by atoms with Crippen molar-refractivity contribution in [2.24, 2.45) is 5.73 Å². The lowest BCUT2D eigenvalue weighted by atomic mass is 10.1. The lowest BCUT2D eigenvalue weighted by molar-refractivity contribution is -0.137. The van der Waals surface area contributed by atoms with Crippen LogP contribution in [0.1, 0.15) is 30.4 Å². The van der Waals surface area contributed by atoms with Gasteiger partial charge in [-0.3, -0.25) is 14.5 Å². The van der Waals surface area contributed by atoms with E-state index in [-0.39, 0.29) is 30.1 Å². The number of likely N-dealkylation sites (tertiary alicyclic amines) is 2. The van der Waals surface area contributed by atoms with E-state index in [2.05, 4.69) is 6.07 Å². The molecule has 2 N–H and O–H groups in total. The summed E-state index contributed by atoms with van der Waals surface area (Å²) in [5.41, 5.74) is 6.02. The lowest BCUT2D eigenvalue weighted by Crippen LogP contribution is -2.56. The lowest BCUT2D eigenvalue weighted by Gasteiger charge is -2.35. The first-order chi connectivity index (χ1) is 14.6. The number of benzene rings is 1. The number of hydrogen-bond acceptors (Lipinski definition) is 5. The fourth-order valence-electron chi connectivity index (χ4n) is 4.98. The molecule has 0 radical (unpaired) electrons. The van der Waals surface area contributed by atoms with Gasteiger partial charge in [0.1, 0.15) is 6.04 Å². The van der Waals surface area contributed by atoms with Gasteiger partial charge in [0.15, 0.2) is 0 Å². The number of amides is 2. The average Bonchev–Trinajstić information content (AvgIpc) is 3.40. The molecule has 3 aliphatic heterocycles. The van der Waals surface area contributed by atoms with Crippen molar-refractivity contribution in [3.8, 4) is 6.07 Å². The zero-order chi connectivity index (χ0) is 22.5. The van der Waals surface area contributed by atoms with Crippen LogP contribution in [0.25, 0.3) is 0 Å². The Balaban J connectivity index is 1.46. The summed E-state index contributed by atoms with van der Waals surface area (Å²) in [7, 11) is 0. The minimum atomic E-state index is -4.49. The summed E-state index contributed by atoms with van der Waals surface area (Å²) >= 11 is 0. The van der Waals surface area contributed by atoms with E-state index in [0.717, 1.165) is 18.6 Å². The molecule has 0 unspecified atom stereocenters. The molecule has 10 heteroatoms. The molecule has 2 amide bonds. The normalized spacial score (nSPS) is 27.1. The number of rotatable bonds is 4. The number of piperazine rings is 1. The Morgan fingerprint density at radius 2 is 2.10 bits per heavy atom. The van der Waals surface area contributed by atoms with Crippen molar-refractivity contribution in [1.29, 1.82) is 5.26 Å². The largest absolute Gasteiger partial charge is 0.416 e. The predicted molar refractivity (Wildman–Crippen MR) is 106 cm³/mol. The van der Waals surface area contributed by atoms with E-state index in [1.165, 1.54) is 9.80 Å². The molecule has 166 valence electrons. The second-order valence-corrected chi connectivity index (χ2v) is 8.55. The van der Waals surface area contributed by atoms with Crippen molar-refractivity contribution in [3.05, 3.63) is 29.3 Å². The molecule has 1 aromatic rings. The van der Waals surface area contributed by atoms with E-state index in [1.807, 2.05) is 4.90 Å². The average molecular weight is 435 g/mol. The molecular formula is C21H24F3N5O2. The molecule has 0 spiro atoms. The van der Waals surface area contributed by atoms with Gasteiger partial charge >= 0.3 is 6.18 Å². The predicted octanol–water partition coefficient (Wildman–Crippen LogP) is 1.65. The summed E-state index contributed by atoms with van der Waals surface area (Å²) in [6, 6.07) is 3.69. The highest BCUT2D eigenvalue weighted by atomic mass is 19.4. The van der Waals surface area contributed by atoms with Crippen LogP contribution in [0.4, 0.5) is 18.9 Å². The highest BCUT2D eigenvalue weighted by Crippen LogP contribution is 2.39. The van der Waals surface area contributed by atoms with Gasteiger partial charge in [0.05, 0.1) is 29.8 Å². The molecule has 4 atom stereocenters. The van der Waals surface area contributed by atoms with E-state index in [4.69, 9.17) is 5.73 Å². The minimum absolute atomic E-state index is 0.176. The summed E-state index contributed by atoms with van der Waals surface area (Å²) < 4.78 is 39.6. The fraction of sp³-hybridized carbons (Fsp3) is 0.571. The number of carbonyl (C=O) groups excluding carboxylic acids is 2. The van der Waals surface area contributed by atoms with Crippen LogP contribution in [-0.4, -0.2) is 65.4 Å². The molecule has 3 fully saturated rings. The number of halogens is 3. The molecule has 1 aromatic carbocycles. The third kappa shape index (κ3) is 3.88. The second kappa shape index (κ2) is 7.80. The van der Waals surface area contributed by atoms with Gasteiger partial charge in [-0.1, -0.05) is 0 Å². The van der Waals surface area contributed by atoms with Crippen LogP contribution >= 0.6 is 0 Å². The zero-order valence-corrected chi connectivity index (χ0v) is 17.1. The number of nitrogens with two attached hydrogens (primary N) is 1. The fourth-order valence-corrected chi connectivity index (χ4v) is 4.98. The zero-order valence-electron chi connectivity index (χ0n) is 17.1. The summed E-state index contributed by atoms with van der Waals surface area (Å²) in [6.07, 6.45) is -2.61. The third-order valence-corrected chi connectivity index (χ3v) is 6.37. The molecule has 4 rings (SSSR count). The van der Waals surface area contributed by atoms with Crippen molar-refractivity contribution >= 4 is 17.5 Å². The number of carbonyl (C=O) groups is 2. The van der Waals surface area contributed by atoms with Gasteiger partial charge in [0, 0.05) is 25.3 Å². The molecule has 0 aromatic heterocycles. The number of anilines is 1. The van der Waals surface area contributed by atoms with Crippen molar-refractivity contribution in [2.45, 2.75) is 56.5 Å². The number of hydrogen-bond donors (Lipinski definition) is 1. The van der Waals surface area contributed by atoms with Gasteiger partial charge in [-0.25, -0.2) is 0 Å². The first-order valence-corrected chi connectivity index (χ1v) is 10.3. The van der Waals surface area contributed by atoms with Gasteiger partial charge in [-0.15, -0.1) is 0 Å². The summed E-state index contributed by atoms with van der Waals surface area (Å²) in [4.78, 5) is 30.4. The van der Waals surface area contributed by atoms with E-state index in [1.54, 1.807) is 13.0 Å². The Morgan fingerprint density at radius 3 is 2.74 bits per heavy atom. The summed E-state index contributed by atoms with van der Waals surface area (Å²) in [5, 5.41) is 9.18. The Hall–Kier alpha value is -2.64. The van der Waals surface area contributed by atoms with Crippen LogP contribution in [0.15, 0.2) is 18.2 Å². The molecule has 31 heavy (non-hydrogen) atoms. The first-order valence-electron chi connectivity index (χ1n) is 10.3. The molecule has 3 saturated heterocycles. The maximum absolute atomic E-state index is 13.2. The Morgan fingerprint density at radius 1 is 1.35 bits per heavy atom. The number of fused-ring (bicyclic) bond motifs is 2. The topological polar surface area (TPSA) is 93.7 Å². The van der Waals surface area contributed by atoms with Crippen LogP contribution in [0, 0.1) is 18.3 Å². The number of nitriles is 1. The van der Waals surface area contributed by atoms with E-state index < -0.39 is 29.9 Å². The highest BCUT2D eigenvalue weighted by molar-refractivity contribution is 6.01. The first kappa shape index (κ1) is 21.6. The number of nitrogens with zero attached hydrogens (tertiary/aromatic N) is 4. The highest BCUT2D eigenvalue weighted by Gasteiger charge is 2.51. The Bertz CT molecular complexity index is 944. The molecular weight excluding hydrogens is 411 g/mol. The van der Waals surface area contributed by atoms with E-state index in [0.29, 0.717) is 31.5 Å². The van der Waals surface area contributed by atoms with Gasteiger partial charge in [-0.2, -0.15) is 18.4 Å². The van der Waals surface area contributed by atoms with Crippen molar-refractivity contribution in [1.82, 2.24) is 9.80 Å². The van der Waals surface area contributed by atoms with Crippen molar-refractivity contribution in [3.63, 3.8) is 0 Å². The van der Waals surface area contributed by atoms with Crippen LogP contribution in [0.3, 0.4) is 0 Å². The Labute approximate surface area is 178 Å². The number of aryl methyl sites for hydroxylation is 1. The smallest absolute Gasteiger partial charge is 0.325 e. The SMILES string of the molecule is Cc1cc(N2C(=O)[C@@H]3C[C@H]2CN3C[C@H](N)C(=O)N2CCC[C@H]2C#N)cc(C(F)(F)F)c1. The molecule has 3 heterocycles. The molecule has 3 aliphatic rings. The van der Waals surface area contributed by atoms with Gasteiger partial charge in [-0.05, 0) is 49.9 Å². The molecule has 7 nitrogen and oxygen atoms in total. The number of alkyl halides is 3. The second-order valence-electron chi connectivity index (χ2n) is 8.55. The summed E-state index contributed by atoms with van der Waals surface area (Å²) in [6.45, 7) is 2.68. The van der Waals surface area contributed by atoms with Crippen LogP contribution in [0.5, 0.6) is 0 Å². The van der Waals surface area contributed by atoms with Crippen molar-refractivity contribution < 1.29 is 22.8 Å². The van der Waals surface area contributed by atoms with E-state index in [9.17, 15) is 28.0 Å². The monoisotopic (exact) mass is 435 g/mol. The molecule has 0 saturated carbocycles. The molecule has 2 bridgehead atoms. The summed E-state index contributed by atoms with van der Waals surface area (Å²) in [5.74, 6) is -0.574. The maximum Gasteiger partial charge on any atom is 0.416 e. The van der Waals surface area contributed by atoms with Crippen LogP contribution in [-0.2, 0) is 15.8 Å². The quantitative estimate of drug-likeness (QED) is 0.776. The maximum atomic E-state index is 13.2. The van der Waals surface area contributed by atoms with E-state index >= 15 is 0 Å². The Kier molecular flexibility index (Phi) is 5.43. The minimum Gasteiger partial charge on any atom is -0.325 e. The van der Waals surface area contributed by atoms with Gasteiger partial charge in [0.25, 0.3) is 0 Å². The van der Waals surface area contributed by atoms with Crippen LogP contribution in [0.2, 0.25) is 0 Å². The van der Waals surface area contributed by atoms with Crippen LogP contribution < -0.4 is 10.6 Å². The van der Waals surface area contributed by atoms with Gasteiger partial charge < -0.3 is 15.5 Å². The molecule has 0 aliphatic carbocycles. The third-order valence-electron chi connectivity index (χ3n) is 6.37. The van der Waals surface area contributed by atoms with Crippen molar-refractivity contribution in [2.75, 3.05) is 24.5 Å². The standard InChI is InChI=1S/C21H24F3N5O2/c1-12-5-13(21(22,23)24)7-15(6-12)29-16-8-18(20(29)31)27(10-16)11-17(26)19(30)28-4-2-3-14(28)9-25/h5-7,14,16-18H,2-4,8,10-11,26H2,1H3/t14-,16-,17-,18-/m0/s1. The van der Waals surface area contributed by atoms with Gasteiger partial charge in [0.2, 0.25) is 11.8 Å².